The molecule has 11 heteroatoms. The maximum atomic E-state index is 13.5. The average molecular weight is 512 g/mol. The van der Waals surface area contributed by atoms with Crippen molar-refractivity contribution >= 4 is 28.0 Å². The number of halogens is 1. The highest BCUT2D eigenvalue weighted by Crippen LogP contribution is 2.31. The molecule has 0 unspecified atom stereocenters. The molecular formula is C24H34FN3O6S. The number of aliphatic hydroxyl groups is 2. The molecule has 0 saturated carbocycles. The Morgan fingerprint density at radius 3 is 2.20 bits per heavy atom. The molecule has 2 atom stereocenters. The van der Waals surface area contributed by atoms with Gasteiger partial charge in [-0.1, -0.05) is 39.8 Å². The molecule has 3 N–H and O–H groups in total. The van der Waals surface area contributed by atoms with Gasteiger partial charge in [0.05, 0.1) is 36.3 Å². The number of aliphatic carboxylic acids is 1. The van der Waals surface area contributed by atoms with E-state index in [-0.39, 0.29) is 18.3 Å². The van der Waals surface area contributed by atoms with E-state index in [9.17, 15) is 27.8 Å². The molecule has 9 nitrogen and oxygen atoms in total. The van der Waals surface area contributed by atoms with Gasteiger partial charge in [0.15, 0.2) is 0 Å². The molecule has 0 aliphatic rings. The van der Waals surface area contributed by atoms with Crippen molar-refractivity contribution in [1.82, 2.24) is 9.97 Å². The molecule has 1 aromatic carbocycles. The Labute approximate surface area is 206 Å². The summed E-state index contributed by atoms with van der Waals surface area (Å²) in [6.07, 6.45) is 0.860. The molecule has 0 radical (unpaired) electrons. The van der Waals surface area contributed by atoms with E-state index in [0.717, 1.165) is 10.6 Å². The van der Waals surface area contributed by atoms with Crippen LogP contribution in [0.2, 0.25) is 0 Å². The van der Waals surface area contributed by atoms with Crippen LogP contribution in [-0.2, 0) is 14.8 Å². The minimum atomic E-state index is -3.65. The Balaban J connectivity index is 0.00000298. The van der Waals surface area contributed by atoms with Crippen molar-refractivity contribution in [3.63, 3.8) is 0 Å². The fourth-order valence-electron chi connectivity index (χ4n) is 3.05. The van der Waals surface area contributed by atoms with Crippen molar-refractivity contribution in [1.29, 1.82) is 0 Å². The zero-order valence-corrected chi connectivity index (χ0v) is 21.6. The number of nitrogens with zero attached hydrogens (tertiary/aromatic N) is 3. The summed E-state index contributed by atoms with van der Waals surface area (Å²) >= 11 is 0. The first-order valence-electron chi connectivity index (χ1n) is 11.2. The second-order valence-corrected chi connectivity index (χ2v) is 9.99. The molecule has 1 aromatic heterocycles. The fourth-order valence-corrected chi connectivity index (χ4v) is 3.42. The number of anilines is 1. The molecular weight excluding hydrogens is 477 g/mol. The molecule has 0 spiro atoms. The van der Waals surface area contributed by atoms with Gasteiger partial charge in [-0.3, -0.25) is 4.79 Å². The van der Waals surface area contributed by atoms with Crippen LogP contribution in [0.25, 0.3) is 17.3 Å². The Bertz CT molecular complexity index is 1120. The lowest BCUT2D eigenvalue weighted by molar-refractivity contribution is -0.139. The molecule has 0 aliphatic heterocycles. The smallest absolute Gasteiger partial charge is 0.305 e. The van der Waals surface area contributed by atoms with Crippen LogP contribution in [0.1, 0.15) is 57.7 Å². The lowest BCUT2D eigenvalue weighted by Crippen LogP contribution is -2.27. The monoisotopic (exact) mass is 511 g/mol. The van der Waals surface area contributed by atoms with Gasteiger partial charge in [-0.25, -0.2) is 27.1 Å². The summed E-state index contributed by atoms with van der Waals surface area (Å²) in [4.78, 5) is 19.6. The van der Waals surface area contributed by atoms with Gasteiger partial charge in [-0.15, -0.1) is 0 Å². The van der Waals surface area contributed by atoms with Gasteiger partial charge in [-0.2, -0.15) is 0 Å². The summed E-state index contributed by atoms with van der Waals surface area (Å²) < 4.78 is 38.6. The third-order valence-electron chi connectivity index (χ3n) is 4.82. The highest BCUT2D eigenvalue weighted by molar-refractivity contribution is 7.92. The minimum Gasteiger partial charge on any atom is -0.481 e. The summed E-state index contributed by atoms with van der Waals surface area (Å²) in [5.41, 5.74) is 1.80. The van der Waals surface area contributed by atoms with Gasteiger partial charge in [0.1, 0.15) is 5.82 Å². The van der Waals surface area contributed by atoms with Crippen LogP contribution in [0.15, 0.2) is 30.3 Å². The number of carboxylic acids is 1. The molecule has 35 heavy (non-hydrogen) atoms. The largest absolute Gasteiger partial charge is 0.481 e. The fraction of sp³-hybridized carbons (Fsp3) is 0.458. The standard InChI is InChI=1S/C22H28FN3O6S.C2H6/c1-13(2)20-18(10-9-16(27)11-17(28)12-19(29)30)21(14-5-7-15(23)8-6-14)25-22(24-20)26(3)33(4,31)32;1-2/h5-10,13,16-17,27-28H,11-12H2,1-4H3,(H,29,30);1-2H3/b10-9+;/t16-,17-;/m1./s1. The Morgan fingerprint density at radius 2 is 1.71 bits per heavy atom. The summed E-state index contributed by atoms with van der Waals surface area (Å²) in [6.45, 7) is 7.71. The number of sulfonamides is 1. The maximum Gasteiger partial charge on any atom is 0.305 e. The van der Waals surface area contributed by atoms with E-state index in [1.54, 1.807) is 0 Å². The quantitative estimate of drug-likeness (QED) is 0.441. The third kappa shape index (κ3) is 9.00. The molecule has 0 bridgehead atoms. The van der Waals surface area contributed by atoms with Crippen LogP contribution in [-0.4, -0.2) is 65.2 Å². The third-order valence-corrected chi connectivity index (χ3v) is 5.97. The highest BCUT2D eigenvalue weighted by atomic mass is 32.2. The van der Waals surface area contributed by atoms with E-state index < -0.39 is 40.4 Å². The first kappa shape index (κ1) is 30.1. The Kier molecular flexibility index (Phi) is 11.4. The van der Waals surface area contributed by atoms with E-state index in [4.69, 9.17) is 5.11 Å². The molecule has 0 amide bonds. The normalized spacial score (nSPS) is 13.3. The van der Waals surface area contributed by atoms with Crippen molar-refractivity contribution in [3.8, 4) is 11.3 Å². The van der Waals surface area contributed by atoms with E-state index in [0.29, 0.717) is 22.5 Å². The molecule has 194 valence electrons. The number of benzene rings is 1. The predicted octanol–water partition coefficient (Wildman–Crippen LogP) is 3.43. The van der Waals surface area contributed by atoms with Crippen molar-refractivity contribution in [3.05, 3.63) is 47.4 Å². The van der Waals surface area contributed by atoms with Gasteiger partial charge in [0.2, 0.25) is 16.0 Å². The number of rotatable bonds is 10. The second-order valence-electron chi connectivity index (χ2n) is 7.98. The van der Waals surface area contributed by atoms with Gasteiger partial charge >= 0.3 is 5.97 Å². The number of carboxylic acid groups (broad SMARTS) is 1. The lowest BCUT2D eigenvalue weighted by atomic mass is 9.97. The van der Waals surface area contributed by atoms with Crippen molar-refractivity contribution in [2.24, 2.45) is 0 Å². The minimum absolute atomic E-state index is 0.0601. The van der Waals surface area contributed by atoms with Crippen LogP contribution in [0, 0.1) is 5.82 Å². The van der Waals surface area contributed by atoms with E-state index >= 15 is 0 Å². The van der Waals surface area contributed by atoms with Gasteiger partial charge in [-0.05, 0) is 30.2 Å². The van der Waals surface area contributed by atoms with E-state index in [1.165, 1.54) is 43.5 Å². The van der Waals surface area contributed by atoms with Crippen molar-refractivity contribution in [2.75, 3.05) is 17.6 Å². The Morgan fingerprint density at radius 1 is 1.14 bits per heavy atom. The number of aromatic nitrogens is 2. The topological polar surface area (TPSA) is 141 Å². The molecule has 2 rings (SSSR count). The number of carbonyl (C=O) groups is 1. The van der Waals surface area contributed by atoms with Crippen LogP contribution >= 0.6 is 0 Å². The SMILES string of the molecule is CC.CC(C)c1nc(N(C)S(C)(=O)=O)nc(-c2ccc(F)cc2)c1/C=C/[C@@H](O)C[C@@H](O)CC(=O)O. The first-order valence-corrected chi connectivity index (χ1v) is 13.0. The van der Waals surface area contributed by atoms with Crippen molar-refractivity contribution in [2.45, 2.75) is 58.7 Å². The van der Waals surface area contributed by atoms with Crippen LogP contribution in [0.5, 0.6) is 0 Å². The second kappa shape index (κ2) is 13.3. The molecule has 2 aromatic rings. The van der Waals surface area contributed by atoms with Crippen LogP contribution in [0.4, 0.5) is 10.3 Å². The molecule has 1 heterocycles. The zero-order chi connectivity index (χ0) is 26.9. The average Bonchev–Trinajstić information content (AvgIpc) is 2.77. The van der Waals surface area contributed by atoms with E-state index in [1.807, 2.05) is 27.7 Å². The molecule has 0 aliphatic carbocycles. The van der Waals surface area contributed by atoms with Gasteiger partial charge < -0.3 is 15.3 Å². The van der Waals surface area contributed by atoms with Crippen LogP contribution in [0.3, 0.4) is 0 Å². The van der Waals surface area contributed by atoms with Crippen molar-refractivity contribution < 1.29 is 32.9 Å². The van der Waals surface area contributed by atoms with Crippen LogP contribution < -0.4 is 4.31 Å². The predicted molar refractivity (Wildman–Crippen MR) is 134 cm³/mol. The number of aliphatic hydroxyl groups excluding tert-OH is 2. The molecule has 0 saturated heterocycles. The zero-order valence-electron chi connectivity index (χ0n) is 20.8. The summed E-state index contributed by atoms with van der Waals surface area (Å²) in [6, 6.07) is 5.49. The Hall–Kier alpha value is -2.89. The van der Waals surface area contributed by atoms with Gasteiger partial charge in [0.25, 0.3) is 0 Å². The summed E-state index contributed by atoms with van der Waals surface area (Å²) in [5.74, 6) is -1.87. The summed E-state index contributed by atoms with van der Waals surface area (Å²) in [7, 11) is -2.33. The summed E-state index contributed by atoms with van der Waals surface area (Å²) in [5, 5.41) is 28.8. The van der Waals surface area contributed by atoms with E-state index in [2.05, 4.69) is 9.97 Å². The van der Waals surface area contributed by atoms with Gasteiger partial charge in [0, 0.05) is 24.6 Å². The highest BCUT2D eigenvalue weighted by Gasteiger charge is 2.22. The number of hydrogen-bond donors (Lipinski definition) is 3. The molecule has 0 fully saturated rings. The lowest BCUT2D eigenvalue weighted by Gasteiger charge is -2.20. The maximum absolute atomic E-state index is 13.5. The number of hydrogen-bond acceptors (Lipinski definition) is 7. The first-order chi connectivity index (χ1) is 16.3.